The van der Waals surface area contributed by atoms with E-state index in [1.165, 1.54) is 12.1 Å². The lowest BCUT2D eigenvalue weighted by Crippen LogP contribution is -2.23. The van der Waals surface area contributed by atoms with E-state index in [-0.39, 0.29) is 16.5 Å². The van der Waals surface area contributed by atoms with Crippen molar-refractivity contribution in [1.82, 2.24) is 10.3 Å². The second-order valence-corrected chi connectivity index (χ2v) is 6.15. The van der Waals surface area contributed by atoms with Crippen LogP contribution in [0.15, 0.2) is 54.0 Å². The molecule has 0 aliphatic heterocycles. The highest BCUT2D eigenvalue weighted by Gasteiger charge is 2.13. The Morgan fingerprint density at radius 3 is 2.87 bits per heavy atom. The summed E-state index contributed by atoms with van der Waals surface area (Å²) in [7, 11) is 0. The van der Waals surface area contributed by atoms with E-state index in [0.29, 0.717) is 6.54 Å². The minimum absolute atomic E-state index is 0.0900. The third-order valence-electron chi connectivity index (χ3n) is 3.26. The van der Waals surface area contributed by atoms with Crippen LogP contribution in [0.25, 0.3) is 10.6 Å². The van der Waals surface area contributed by atoms with Gasteiger partial charge in [0, 0.05) is 12.7 Å². The molecule has 3 aromatic rings. The Balaban J connectivity index is 1.77. The molecule has 0 fully saturated rings. The van der Waals surface area contributed by atoms with Gasteiger partial charge in [0.15, 0.2) is 0 Å². The minimum Gasteiger partial charge on any atom is -0.348 e. The lowest BCUT2D eigenvalue weighted by atomic mass is 10.1. The number of amides is 1. The maximum atomic E-state index is 13.0. The monoisotopic (exact) mass is 346 g/mol. The maximum absolute atomic E-state index is 13.0. The van der Waals surface area contributed by atoms with Crippen molar-refractivity contribution in [3.05, 3.63) is 76.0 Å². The van der Waals surface area contributed by atoms with Gasteiger partial charge in [0.25, 0.3) is 5.91 Å². The highest BCUT2D eigenvalue weighted by Crippen LogP contribution is 2.26. The standard InChI is InChI=1S/C17H12ClFN2OS/c18-14-9-12(19)5-6-13(14)17(22)21-10-11-3-1-7-20-16(11)15-4-2-8-23-15/h1-9H,10H2,(H,21,22). The van der Waals surface area contributed by atoms with E-state index < -0.39 is 5.82 Å². The Morgan fingerprint density at radius 2 is 2.13 bits per heavy atom. The van der Waals surface area contributed by atoms with Gasteiger partial charge in [-0.15, -0.1) is 11.3 Å². The zero-order chi connectivity index (χ0) is 16.2. The summed E-state index contributed by atoms with van der Waals surface area (Å²) in [4.78, 5) is 17.6. The Kier molecular flexibility index (Phi) is 4.69. The molecular weight excluding hydrogens is 335 g/mol. The molecule has 2 heterocycles. The molecule has 2 aromatic heterocycles. The lowest BCUT2D eigenvalue weighted by Gasteiger charge is -2.09. The quantitative estimate of drug-likeness (QED) is 0.754. The molecule has 23 heavy (non-hydrogen) atoms. The van der Waals surface area contributed by atoms with Crippen molar-refractivity contribution < 1.29 is 9.18 Å². The van der Waals surface area contributed by atoms with E-state index >= 15 is 0 Å². The van der Waals surface area contributed by atoms with Crippen molar-refractivity contribution in [3.8, 4) is 10.6 Å². The van der Waals surface area contributed by atoms with Crippen LogP contribution in [0.5, 0.6) is 0 Å². The van der Waals surface area contributed by atoms with Crippen molar-refractivity contribution in [1.29, 1.82) is 0 Å². The fourth-order valence-electron chi connectivity index (χ4n) is 2.16. The third-order valence-corrected chi connectivity index (χ3v) is 4.45. The number of hydrogen-bond acceptors (Lipinski definition) is 3. The van der Waals surface area contributed by atoms with Gasteiger partial charge in [0.05, 0.1) is 21.2 Å². The molecule has 1 amide bonds. The smallest absolute Gasteiger partial charge is 0.253 e. The van der Waals surface area contributed by atoms with Crippen LogP contribution in [-0.4, -0.2) is 10.9 Å². The van der Waals surface area contributed by atoms with Gasteiger partial charge in [0.2, 0.25) is 0 Å². The number of nitrogens with zero attached hydrogens (tertiary/aromatic N) is 1. The first kappa shape index (κ1) is 15.6. The van der Waals surface area contributed by atoms with Gasteiger partial charge in [0.1, 0.15) is 5.82 Å². The fraction of sp³-hybridized carbons (Fsp3) is 0.0588. The van der Waals surface area contributed by atoms with Gasteiger partial charge in [-0.1, -0.05) is 23.7 Å². The molecule has 3 nitrogen and oxygen atoms in total. The highest BCUT2D eigenvalue weighted by molar-refractivity contribution is 7.13. The largest absolute Gasteiger partial charge is 0.348 e. The summed E-state index contributed by atoms with van der Waals surface area (Å²) in [5, 5.41) is 4.86. The molecule has 116 valence electrons. The SMILES string of the molecule is O=C(NCc1cccnc1-c1cccs1)c1ccc(F)cc1Cl. The lowest BCUT2D eigenvalue weighted by molar-refractivity contribution is 0.0951. The minimum atomic E-state index is -0.473. The van der Waals surface area contributed by atoms with Crippen LogP contribution in [0.1, 0.15) is 15.9 Å². The molecule has 0 aliphatic carbocycles. The van der Waals surface area contributed by atoms with E-state index in [0.717, 1.165) is 22.2 Å². The summed E-state index contributed by atoms with van der Waals surface area (Å²) in [6.07, 6.45) is 1.72. The molecule has 3 rings (SSSR count). The molecule has 1 N–H and O–H groups in total. The number of benzene rings is 1. The summed E-state index contributed by atoms with van der Waals surface area (Å²) in [6.45, 7) is 0.313. The summed E-state index contributed by atoms with van der Waals surface area (Å²) in [6, 6.07) is 11.4. The van der Waals surface area contributed by atoms with E-state index in [9.17, 15) is 9.18 Å². The Morgan fingerprint density at radius 1 is 1.26 bits per heavy atom. The molecule has 0 unspecified atom stereocenters. The zero-order valence-electron chi connectivity index (χ0n) is 11.9. The molecule has 0 bridgehead atoms. The molecule has 0 aliphatic rings. The number of halogens is 2. The van der Waals surface area contributed by atoms with Crippen LogP contribution in [0.4, 0.5) is 4.39 Å². The van der Waals surface area contributed by atoms with Crippen LogP contribution in [-0.2, 0) is 6.54 Å². The molecule has 1 aromatic carbocycles. The van der Waals surface area contributed by atoms with E-state index in [1.54, 1.807) is 17.5 Å². The predicted octanol–water partition coefficient (Wildman–Crippen LogP) is 4.53. The molecular formula is C17H12ClFN2OS. The third kappa shape index (κ3) is 3.57. The second-order valence-electron chi connectivity index (χ2n) is 4.80. The van der Waals surface area contributed by atoms with Crippen LogP contribution < -0.4 is 5.32 Å². The van der Waals surface area contributed by atoms with Gasteiger partial charge in [-0.2, -0.15) is 0 Å². The number of hydrogen-bond donors (Lipinski definition) is 1. The number of rotatable bonds is 4. The first-order valence-corrected chi connectivity index (χ1v) is 8.12. The normalized spacial score (nSPS) is 10.5. The van der Waals surface area contributed by atoms with Crippen molar-refractivity contribution in [2.24, 2.45) is 0 Å². The number of carbonyl (C=O) groups is 1. The molecule has 6 heteroatoms. The van der Waals surface area contributed by atoms with Gasteiger partial charge in [-0.25, -0.2) is 4.39 Å². The first-order valence-electron chi connectivity index (χ1n) is 6.86. The van der Waals surface area contributed by atoms with Gasteiger partial charge in [-0.05, 0) is 41.3 Å². The summed E-state index contributed by atoms with van der Waals surface area (Å²) in [5.41, 5.74) is 1.99. The maximum Gasteiger partial charge on any atom is 0.253 e. The number of nitrogens with one attached hydrogen (secondary N) is 1. The highest BCUT2D eigenvalue weighted by atomic mass is 35.5. The van der Waals surface area contributed by atoms with Crippen LogP contribution in [0, 0.1) is 5.82 Å². The Hall–Kier alpha value is -2.24. The molecule has 0 saturated heterocycles. The molecule has 0 saturated carbocycles. The summed E-state index contributed by atoms with van der Waals surface area (Å²) >= 11 is 7.49. The number of carbonyl (C=O) groups excluding carboxylic acids is 1. The van der Waals surface area contributed by atoms with Crippen molar-refractivity contribution in [2.45, 2.75) is 6.54 Å². The van der Waals surface area contributed by atoms with Crippen molar-refractivity contribution in [3.63, 3.8) is 0 Å². The molecule has 0 spiro atoms. The van der Waals surface area contributed by atoms with E-state index in [4.69, 9.17) is 11.6 Å². The first-order chi connectivity index (χ1) is 11.1. The second kappa shape index (κ2) is 6.89. The van der Waals surface area contributed by atoms with Gasteiger partial charge < -0.3 is 5.32 Å². The van der Waals surface area contributed by atoms with E-state index in [2.05, 4.69) is 10.3 Å². The topological polar surface area (TPSA) is 42.0 Å². The van der Waals surface area contributed by atoms with Gasteiger partial charge in [-0.3, -0.25) is 9.78 Å². The van der Waals surface area contributed by atoms with Crippen LogP contribution in [0.3, 0.4) is 0 Å². The Bertz CT molecular complexity index is 836. The average Bonchev–Trinajstić information content (AvgIpc) is 3.07. The van der Waals surface area contributed by atoms with Crippen LogP contribution in [0.2, 0.25) is 5.02 Å². The number of thiophene rings is 1. The van der Waals surface area contributed by atoms with E-state index in [1.807, 2.05) is 29.6 Å². The molecule has 0 atom stereocenters. The predicted molar refractivity (Wildman–Crippen MR) is 90.1 cm³/mol. The van der Waals surface area contributed by atoms with Crippen molar-refractivity contribution in [2.75, 3.05) is 0 Å². The summed E-state index contributed by atoms with van der Waals surface area (Å²) < 4.78 is 13.0. The van der Waals surface area contributed by atoms with Crippen LogP contribution >= 0.6 is 22.9 Å². The van der Waals surface area contributed by atoms with Crippen molar-refractivity contribution >= 4 is 28.8 Å². The number of aromatic nitrogens is 1. The van der Waals surface area contributed by atoms with Gasteiger partial charge >= 0.3 is 0 Å². The molecule has 0 radical (unpaired) electrons. The fourth-order valence-corrected chi connectivity index (χ4v) is 3.17. The zero-order valence-corrected chi connectivity index (χ0v) is 13.5. The average molecular weight is 347 g/mol. The number of pyridine rings is 1. The Labute approximate surface area is 141 Å². The summed E-state index contributed by atoms with van der Waals surface area (Å²) in [5.74, 6) is -0.824.